The number of rotatable bonds is 2. The van der Waals surface area contributed by atoms with E-state index < -0.39 is 0 Å². The first-order valence-electron chi connectivity index (χ1n) is 2.28. The van der Waals surface area contributed by atoms with Crippen LogP contribution in [0.2, 0.25) is 0 Å². The summed E-state index contributed by atoms with van der Waals surface area (Å²) in [4.78, 5) is 0. The molecular formula is C5H9P. The summed E-state index contributed by atoms with van der Waals surface area (Å²) in [5.41, 5.74) is 2.76. The van der Waals surface area contributed by atoms with Gasteiger partial charge in [-0.05, 0) is 0 Å². The molecule has 0 aliphatic rings. The van der Waals surface area contributed by atoms with Gasteiger partial charge in [0.25, 0.3) is 0 Å². The van der Waals surface area contributed by atoms with E-state index in [9.17, 15) is 0 Å². The maximum absolute atomic E-state index is 3.80. The van der Waals surface area contributed by atoms with Crippen LogP contribution < -0.4 is 0 Å². The Morgan fingerprint density at radius 2 is 2.33 bits per heavy atom. The average molecular weight is 100 g/mol. The van der Waals surface area contributed by atoms with Gasteiger partial charge in [-0.15, -0.1) is 0 Å². The molecule has 0 saturated heterocycles. The van der Waals surface area contributed by atoms with Crippen LogP contribution in [0.1, 0.15) is 26.2 Å². The molecule has 0 nitrogen and oxygen atoms in total. The van der Waals surface area contributed by atoms with Crippen molar-refractivity contribution in [3.8, 4) is 5.63 Å². The Morgan fingerprint density at radius 3 is 2.50 bits per heavy atom. The molecule has 0 saturated carbocycles. The monoisotopic (exact) mass is 100 g/mol. The van der Waals surface area contributed by atoms with Gasteiger partial charge in [0.15, 0.2) is 0 Å². The molecule has 0 rings (SSSR count). The first-order chi connectivity index (χ1) is 2.91. The first-order valence-corrected chi connectivity index (χ1v) is 2.73. The minimum atomic E-state index is 1.03. The van der Waals surface area contributed by atoms with Gasteiger partial charge < -0.3 is 0 Å². The van der Waals surface area contributed by atoms with Crippen molar-refractivity contribution in [1.82, 2.24) is 0 Å². The van der Waals surface area contributed by atoms with Gasteiger partial charge >= 0.3 is 40.5 Å². The molecule has 0 aliphatic carbocycles. The molecule has 34 valence electrons. The van der Waals surface area contributed by atoms with E-state index in [1.54, 1.807) is 0 Å². The van der Waals surface area contributed by atoms with Crippen LogP contribution in [0.5, 0.6) is 0 Å². The molecule has 6 heavy (non-hydrogen) atoms. The Hall–Kier alpha value is 0.210. The minimum absolute atomic E-state index is 1.03. The van der Waals surface area contributed by atoms with Crippen molar-refractivity contribution in [3.63, 3.8) is 0 Å². The molecule has 0 unspecified atom stereocenters. The molecule has 0 aromatic rings. The molecule has 0 atom stereocenters. The van der Waals surface area contributed by atoms with Gasteiger partial charge in [0, 0.05) is 0 Å². The van der Waals surface area contributed by atoms with Crippen molar-refractivity contribution in [2.24, 2.45) is 0 Å². The summed E-state index contributed by atoms with van der Waals surface area (Å²) in [6, 6.07) is 0. The summed E-state index contributed by atoms with van der Waals surface area (Å²) in [6.07, 6.45) is 3.50. The zero-order valence-corrected chi connectivity index (χ0v) is 4.96. The summed E-state index contributed by atoms with van der Waals surface area (Å²) in [5, 5.41) is 0. The third-order valence-corrected chi connectivity index (χ3v) is 0.866. The predicted molar refractivity (Wildman–Crippen MR) is 30.3 cm³/mol. The van der Waals surface area contributed by atoms with Crippen molar-refractivity contribution in [1.29, 1.82) is 0 Å². The Balaban J connectivity index is 2.54. The Morgan fingerprint density at radius 1 is 1.67 bits per heavy atom. The molecule has 0 aromatic carbocycles. The van der Waals surface area contributed by atoms with Crippen LogP contribution in [0.3, 0.4) is 0 Å². The van der Waals surface area contributed by atoms with E-state index in [1.165, 1.54) is 12.8 Å². The molecule has 0 fully saturated rings. The topological polar surface area (TPSA) is 0 Å². The molecule has 0 amide bonds. The fourth-order valence-corrected chi connectivity index (χ4v) is 0.414. The Labute approximate surface area is 41.4 Å². The second-order valence-corrected chi connectivity index (χ2v) is 1.58. The average Bonchev–Trinajstić information content (AvgIpc) is 1.61. The van der Waals surface area contributed by atoms with Gasteiger partial charge in [-0.1, -0.05) is 0 Å². The second kappa shape index (κ2) is 5.21. The molecule has 0 N–H and O–H groups in total. The van der Waals surface area contributed by atoms with Crippen molar-refractivity contribution in [3.05, 3.63) is 0 Å². The van der Waals surface area contributed by atoms with Gasteiger partial charge in [-0.2, -0.15) is 0 Å². The number of hydrogen-bond acceptors (Lipinski definition) is 0. The Kier molecular flexibility index (Phi) is 5.39. The molecule has 1 heteroatoms. The van der Waals surface area contributed by atoms with Crippen molar-refractivity contribution >= 4 is 8.70 Å². The van der Waals surface area contributed by atoms with Gasteiger partial charge in [-0.3, -0.25) is 0 Å². The van der Waals surface area contributed by atoms with Crippen molar-refractivity contribution in [2.75, 3.05) is 0 Å². The first kappa shape index (κ1) is 6.21. The van der Waals surface area contributed by atoms with Gasteiger partial charge in [0.05, 0.1) is 0 Å². The molecule has 0 heterocycles. The van der Waals surface area contributed by atoms with Gasteiger partial charge in [-0.25, -0.2) is 0 Å². The summed E-state index contributed by atoms with van der Waals surface area (Å²) < 4.78 is 0. The summed E-state index contributed by atoms with van der Waals surface area (Å²) >= 11 is 0. The number of unbranched alkanes of at least 4 members (excludes halogenated alkanes) is 2. The van der Waals surface area contributed by atoms with E-state index in [2.05, 4.69) is 21.2 Å². The fourth-order valence-electron chi connectivity index (χ4n) is 0.256. The van der Waals surface area contributed by atoms with E-state index in [4.69, 9.17) is 0 Å². The summed E-state index contributed by atoms with van der Waals surface area (Å²) in [7, 11) is 3.80. The zero-order valence-electron chi connectivity index (χ0n) is 4.07. The van der Waals surface area contributed by atoms with Crippen molar-refractivity contribution in [2.45, 2.75) is 26.2 Å². The Bertz CT molecular complexity index is 51.4. The van der Waals surface area contributed by atoms with Gasteiger partial charge in [0.1, 0.15) is 0 Å². The third kappa shape index (κ3) is 4.21. The standard InChI is InChI=1S/C5H9P/c1-2-3-4-5-6/h2-4H2,1H3. The van der Waals surface area contributed by atoms with Crippen LogP contribution in [0.4, 0.5) is 0 Å². The second-order valence-electron chi connectivity index (χ2n) is 1.26. The van der Waals surface area contributed by atoms with E-state index in [0.29, 0.717) is 0 Å². The molecule has 0 aliphatic heterocycles. The summed E-state index contributed by atoms with van der Waals surface area (Å²) in [6.45, 7) is 2.16. The van der Waals surface area contributed by atoms with E-state index >= 15 is 0 Å². The number of hydrogen-bond donors (Lipinski definition) is 0. The maximum atomic E-state index is 3.80. The molecule has 0 aromatic heterocycles. The van der Waals surface area contributed by atoms with E-state index in [1.807, 2.05) is 0 Å². The van der Waals surface area contributed by atoms with Gasteiger partial charge in [0.2, 0.25) is 0 Å². The quantitative estimate of drug-likeness (QED) is 0.369. The zero-order chi connectivity index (χ0) is 4.83. The summed E-state index contributed by atoms with van der Waals surface area (Å²) in [5.74, 6) is 0. The van der Waals surface area contributed by atoms with Crippen LogP contribution in [-0.2, 0) is 0 Å². The van der Waals surface area contributed by atoms with Crippen LogP contribution in [0.25, 0.3) is 0 Å². The van der Waals surface area contributed by atoms with E-state index in [-0.39, 0.29) is 0 Å². The van der Waals surface area contributed by atoms with Crippen LogP contribution in [-0.4, -0.2) is 0 Å². The molecule has 0 spiro atoms. The predicted octanol–water partition coefficient (Wildman–Crippen LogP) is 2.55. The SMILES string of the molecule is CCCCC#P. The van der Waals surface area contributed by atoms with Crippen LogP contribution in [0.15, 0.2) is 0 Å². The van der Waals surface area contributed by atoms with Crippen molar-refractivity contribution < 1.29 is 0 Å². The van der Waals surface area contributed by atoms with E-state index in [0.717, 1.165) is 6.42 Å². The van der Waals surface area contributed by atoms with Crippen LogP contribution in [0, 0.1) is 5.63 Å². The molecule has 0 bridgehead atoms. The molecule has 0 radical (unpaired) electrons. The molecular weight excluding hydrogens is 91.0 g/mol. The third-order valence-electron chi connectivity index (χ3n) is 0.642. The van der Waals surface area contributed by atoms with Crippen LogP contribution >= 0.6 is 8.70 Å². The normalized spacial score (nSPS) is 7.33. The fraction of sp³-hybridized carbons (Fsp3) is 0.800.